The van der Waals surface area contributed by atoms with Crippen molar-refractivity contribution in [2.24, 2.45) is 0 Å². The van der Waals surface area contributed by atoms with Gasteiger partial charge in [-0.2, -0.15) is 0 Å². The summed E-state index contributed by atoms with van der Waals surface area (Å²) in [5.74, 6) is -6.25. The van der Waals surface area contributed by atoms with Gasteiger partial charge in [-0.1, -0.05) is 36.4 Å². The molecule has 2 aromatic rings. The van der Waals surface area contributed by atoms with Crippen molar-refractivity contribution in [2.75, 3.05) is 20.3 Å². The van der Waals surface area contributed by atoms with Gasteiger partial charge in [0.15, 0.2) is 49.2 Å². The van der Waals surface area contributed by atoms with Gasteiger partial charge in [0.2, 0.25) is 0 Å². The summed E-state index contributed by atoms with van der Waals surface area (Å²) in [5.41, 5.74) is 0.294. The first-order valence-electron chi connectivity index (χ1n) is 17.0. The third kappa shape index (κ3) is 11.8. The van der Waals surface area contributed by atoms with E-state index >= 15 is 0 Å². The highest BCUT2D eigenvalue weighted by Gasteiger charge is 2.57. The van der Waals surface area contributed by atoms with Crippen molar-refractivity contribution in [2.45, 2.75) is 96.0 Å². The Hall–Kier alpha value is -5.43. The van der Waals surface area contributed by atoms with E-state index in [1.54, 1.807) is 36.4 Å². The zero-order valence-corrected chi connectivity index (χ0v) is 30.8. The second kappa shape index (κ2) is 19.8. The van der Waals surface area contributed by atoms with Crippen LogP contribution in [0.1, 0.15) is 55.3 Å². The van der Waals surface area contributed by atoms with Crippen molar-refractivity contribution in [3.8, 4) is 0 Å². The van der Waals surface area contributed by atoms with Crippen LogP contribution in [0.15, 0.2) is 60.7 Å². The maximum Gasteiger partial charge on any atom is 0.338 e. The lowest BCUT2D eigenvalue weighted by Gasteiger charge is -2.49. The first-order chi connectivity index (χ1) is 26.2. The summed E-state index contributed by atoms with van der Waals surface area (Å²) >= 11 is 0. The fourth-order valence-electron chi connectivity index (χ4n) is 5.85. The molecule has 0 N–H and O–H groups in total. The largest absolute Gasteiger partial charge is 0.462 e. The molecule has 0 unspecified atom stereocenters. The van der Waals surface area contributed by atoms with Crippen LogP contribution in [0.25, 0.3) is 0 Å². The summed E-state index contributed by atoms with van der Waals surface area (Å²) in [6.45, 7) is 4.06. The molecule has 4 rings (SSSR count). The molecule has 0 saturated carbocycles. The van der Waals surface area contributed by atoms with E-state index in [2.05, 4.69) is 0 Å². The number of methoxy groups -OCH3 is 1. The van der Waals surface area contributed by atoms with Crippen LogP contribution in [0.4, 0.5) is 0 Å². The summed E-state index contributed by atoms with van der Waals surface area (Å²) in [5, 5.41) is 0. The summed E-state index contributed by atoms with van der Waals surface area (Å²) in [6, 6.07) is 15.8. The van der Waals surface area contributed by atoms with E-state index in [1.165, 1.54) is 31.4 Å². The van der Waals surface area contributed by atoms with Crippen molar-refractivity contribution >= 4 is 41.8 Å². The fourth-order valence-corrected chi connectivity index (χ4v) is 5.85. The molecular weight excluding hydrogens is 732 g/mol. The minimum Gasteiger partial charge on any atom is -0.462 e. The fraction of sp³-hybridized carbons (Fsp3) is 0.486. The molecule has 0 spiro atoms. The molecule has 2 aliphatic rings. The predicted molar refractivity (Wildman–Crippen MR) is 180 cm³/mol. The van der Waals surface area contributed by atoms with E-state index in [4.69, 9.17) is 52.1 Å². The van der Waals surface area contributed by atoms with Crippen LogP contribution < -0.4 is 0 Å². The molecule has 0 bridgehead atoms. The number of esters is 7. The quantitative estimate of drug-likeness (QED) is 0.186. The third-order valence-corrected chi connectivity index (χ3v) is 8.00. The second-order valence-corrected chi connectivity index (χ2v) is 12.2. The Morgan fingerprint density at radius 2 is 1.15 bits per heavy atom. The first kappa shape index (κ1) is 42.3. The molecule has 0 radical (unpaired) electrons. The standard InChI is InChI=1S/C37H42O18/c1-19(38)46-17-26(48-20(2)39)28(49-21(3)40)30(50-22(4)41)33(51-23(5)42)37-47-18-27-29(55-37)31(53-34(43)24-13-9-7-10-14-24)32(36(45-6)52-27)54-35(44)25-15-11-8-12-16-25/h7-16,26-33,36-37H,17-18H2,1-6H3/t26-,27+,28+,29-,30+,31-,32+,33-,36-,37-/m0/s1. The number of fused-ring (bicyclic) bond motifs is 1. The molecule has 2 heterocycles. The van der Waals surface area contributed by atoms with Gasteiger partial charge in [0.1, 0.15) is 18.8 Å². The van der Waals surface area contributed by atoms with Gasteiger partial charge in [-0.3, -0.25) is 24.0 Å². The highest BCUT2D eigenvalue weighted by molar-refractivity contribution is 5.90. The van der Waals surface area contributed by atoms with Crippen molar-refractivity contribution in [1.29, 1.82) is 0 Å². The van der Waals surface area contributed by atoms with E-state index in [-0.39, 0.29) is 17.7 Å². The normalized spacial score (nSPS) is 23.9. The highest BCUT2D eigenvalue weighted by atomic mass is 16.8. The number of rotatable bonds is 15. The lowest BCUT2D eigenvalue weighted by molar-refractivity contribution is -0.369. The number of ether oxygens (including phenoxy) is 11. The summed E-state index contributed by atoms with van der Waals surface area (Å²) < 4.78 is 62.7. The molecule has 18 nitrogen and oxygen atoms in total. The van der Waals surface area contributed by atoms with Crippen molar-refractivity contribution in [3.63, 3.8) is 0 Å². The number of carbonyl (C=O) groups excluding carboxylic acids is 7. The smallest absolute Gasteiger partial charge is 0.338 e. The Morgan fingerprint density at radius 1 is 0.636 bits per heavy atom. The van der Waals surface area contributed by atoms with Crippen LogP contribution in [0.3, 0.4) is 0 Å². The van der Waals surface area contributed by atoms with Gasteiger partial charge in [-0.05, 0) is 24.3 Å². The Morgan fingerprint density at radius 3 is 1.64 bits per heavy atom. The summed E-state index contributed by atoms with van der Waals surface area (Å²) in [7, 11) is 1.28. The van der Waals surface area contributed by atoms with Crippen LogP contribution in [-0.4, -0.2) is 124 Å². The molecule has 0 aliphatic carbocycles. The van der Waals surface area contributed by atoms with Crippen LogP contribution in [0.2, 0.25) is 0 Å². The van der Waals surface area contributed by atoms with E-state index in [0.717, 1.165) is 34.6 Å². The van der Waals surface area contributed by atoms with Crippen LogP contribution in [0, 0.1) is 0 Å². The lowest BCUT2D eigenvalue weighted by atomic mass is 9.96. The zero-order chi connectivity index (χ0) is 40.2. The SMILES string of the molecule is CO[C@H]1O[C@@H]2CO[C@H]([C@@H](OC(C)=O)[C@H](OC(C)=O)[C@H](OC(C)=O)[C@H](COC(C)=O)OC(C)=O)O[C@@H]2[C@H](OC(=O)c2ccccc2)[C@H]1OC(=O)c1ccccc1. The Kier molecular flexibility index (Phi) is 15.2. The summed E-state index contributed by atoms with van der Waals surface area (Å²) in [4.78, 5) is 88.5. The molecule has 2 aromatic carbocycles. The minimum atomic E-state index is -1.86. The van der Waals surface area contributed by atoms with Gasteiger partial charge < -0.3 is 52.1 Å². The predicted octanol–water partition coefficient (Wildman–Crippen LogP) is 1.84. The van der Waals surface area contributed by atoms with Crippen molar-refractivity contribution < 1.29 is 85.7 Å². The molecule has 2 saturated heterocycles. The number of hydrogen-bond acceptors (Lipinski definition) is 18. The molecule has 2 aliphatic heterocycles. The van der Waals surface area contributed by atoms with Gasteiger partial charge in [0, 0.05) is 41.7 Å². The average molecular weight is 775 g/mol. The average Bonchev–Trinajstić information content (AvgIpc) is 3.14. The molecule has 55 heavy (non-hydrogen) atoms. The second-order valence-electron chi connectivity index (χ2n) is 12.2. The van der Waals surface area contributed by atoms with Crippen LogP contribution in [0.5, 0.6) is 0 Å². The van der Waals surface area contributed by atoms with Gasteiger partial charge in [-0.25, -0.2) is 9.59 Å². The zero-order valence-electron chi connectivity index (χ0n) is 30.8. The van der Waals surface area contributed by atoms with E-state index in [1.807, 2.05) is 0 Å². The van der Waals surface area contributed by atoms with Gasteiger partial charge >= 0.3 is 41.8 Å². The first-order valence-corrected chi connectivity index (χ1v) is 17.0. The summed E-state index contributed by atoms with van der Waals surface area (Å²) in [6.07, 6.45) is -15.5. The highest BCUT2D eigenvalue weighted by Crippen LogP contribution is 2.36. The lowest BCUT2D eigenvalue weighted by Crippen LogP contribution is -2.67. The molecule has 10 atom stereocenters. The molecule has 298 valence electrons. The van der Waals surface area contributed by atoms with E-state index < -0.39 is 110 Å². The third-order valence-electron chi connectivity index (χ3n) is 8.00. The van der Waals surface area contributed by atoms with E-state index in [0.29, 0.717) is 0 Å². The monoisotopic (exact) mass is 774 g/mol. The van der Waals surface area contributed by atoms with Crippen LogP contribution >= 0.6 is 0 Å². The van der Waals surface area contributed by atoms with Crippen molar-refractivity contribution in [3.05, 3.63) is 71.8 Å². The Balaban J connectivity index is 1.78. The molecule has 0 amide bonds. The number of hydrogen-bond donors (Lipinski definition) is 0. The number of carbonyl (C=O) groups is 7. The Bertz CT molecular complexity index is 1660. The van der Waals surface area contributed by atoms with Gasteiger partial charge in [-0.15, -0.1) is 0 Å². The number of benzene rings is 2. The topological polar surface area (TPSA) is 221 Å². The Labute approximate surface area is 315 Å². The molecular formula is C37H42O18. The van der Waals surface area contributed by atoms with Gasteiger partial charge in [0.25, 0.3) is 0 Å². The van der Waals surface area contributed by atoms with Gasteiger partial charge in [0.05, 0.1) is 17.7 Å². The molecule has 0 aromatic heterocycles. The maximum atomic E-state index is 13.6. The maximum absolute atomic E-state index is 13.6. The molecule has 2 fully saturated rings. The minimum absolute atomic E-state index is 0.137. The van der Waals surface area contributed by atoms with E-state index in [9.17, 15) is 33.6 Å². The molecule has 18 heteroatoms. The van der Waals surface area contributed by atoms with Crippen molar-refractivity contribution in [1.82, 2.24) is 0 Å². The van der Waals surface area contributed by atoms with Crippen LogP contribution in [-0.2, 0) is 76.1 Å².